The van der Waals surface area contributed by atoms with E-state index in [-0.39, 0.29) is 6.61 Å². The molecule has 1 fully saturated rings. The normalized spacial score (nSPS) is 33.3. The van der Waals surface area contributed by atoms with Crippen LogP contribution in [0.15, 0.2) is 35.6 Å². The van der Waals surface area contributed by atoms with E-state index < -0.39 is 0 Å². The number of likely N-dealkylation sites (N-methyl/N-ethyl adjacent to an activating group) is 1. The Morgan fingerprint density at radius 1 is 1.42 bits per heavy atom. The van der Waals surface area contributed by atoms with Gasteiger partial charge in [-0.15, -0.1) is 0 Å². The van der Waals surface area contributed by atoms with Gasteiger partial charge in [0.05, 0.1) is 12.6 Å². The van der Waals surface area contributed by atoms with Crippen molar-refractivity contribution >= 4 is 0 Å². The summed E-state index contributed by atoms with van der Waals surface area (Å²) in [5, 5.41) is 9.14. The van der Waals surface area contributed by atoms with Gasteiger partial charge in [-0.05, 0) is 25.8 Å². The maximum absolute atomic E-state index is 9.14. The fraction of sp³-hybridized carbons (Fsp3) is 0.625. The molecule has 2 heterocycles. The van der Waals surface area contributed by atoms with Crippen molar-refractivity contribution in [1.82, 2.24) is 4.90 Å². The smallest absolute Gasteiger partial charge is 0.106 e. The lowest BCUT2D eigenvalue weighted by Gasteiger charge is -2.44. The van der Waals surface area contributed by atoms with Crippen LogP contribution in [0.5, 0.6) is 0 Å². The largest absolute Gasteiger partial charge is 0.497 e. The first-order valence-corrected chi connectivity index (χ1v) is 7.45. The van der Waals surface area contributed by atoms with E-state index in [1.807, 2.05) is 0 Å². The van der Waals surface area contributed by atoms with E-state index in [0.29, 0.717) is 18.0 Å². The minimum absolute atomic E-state index is 0.286. The summed E-state index contributed by atoms with van der Waals surface area (Å²) in [6.07, 6.45) is 11.8. The number of rotatable bonds is 4. The molecule has 0 aromatic carbocycles. The Balaban J connectivity index is 1.95. The molecule has 0 bridgehead atoms. The van der Waals surface area contributed by atoms with Gasteiger partial charge in [0.25, 0.3) is 0 Å². The summed E-state index contributed by atoms with van der Waals surface area (Å²) < 4.78 is 5.93. The zero-order chi connectivity index (χ0) is 13.2. The van der Waals surface area contributed by atoms with Gasteiger partial charge in [0.1, 0.15) is 5.76 Å². The van der Waals surface area contributed by atoms with E-state index in [0.717, 1.165) is 32.4 Å². The molecule has 19 heavy (non-hydrogen) atoms. The van der Waals surface area contributed by atoms with Gasteiger partial charge in [0.15, 0.2) is 0 Å². The summed E-state index contributed by atoms with van der Waals surface area (Å²) in [7, 11) is 0. The fourth-order valence-electron chi connectivity index (χ4n) is 3.78. The predicted octanol–water partition coefficient (Wildman–Crippen LogP) is 2.25. The molecule has 3 heteroatoms. The third-order valence-electron chi connectivity index (χ3n) is 4.58. The minimum Gasteiger partial charge on any atom is -0.497 e. The lowest BCUT2D eigenvalue weighted by atomic mass is 9.81. The van der Waals surface area contributed by atoms with Crippen molar-refractivity contribution in [2.75, 3.05) is 19.8 Å². The number of hydrogen-bond acceptors (Lipinski definition) is 3. The Morgan fingerprint density at radius 3 is 3.11 bits per heavy atom. The predicted molar refractivity (Wildman–Crippen MR) is 75.6 cm³/mol. The molecular formula is C16H23NO2. The van der Waals surface area contributed by atoms with E-state index in [9.17, 15) is 0 Å². The SMILES string of the molecule is CCN1C2C=CC=CC2=C2OCCC2C1CCCO. The second-order valence-corrected chi connectivity index (χ2v) is 5.52. The van der Waals surface area contributed by atoms with Gasteiger partial charge in [0.2, 0.25) is 0 Å². The molecule has 2 aliphatic heterocycles. The molecule has 0 aromatic heterocycles. The van der Waals surface area contributed by atoms with E-state index in [4.69, 9.17) is 9.84 Å². The number of fused-ring (bicyclic) bond motifs is 2. The molecule has 1 saturated heterocycles. The Labute approximate surface area is 115 Å². The molecule has 104 valence electrons. The number of allylic oxidation sites excluding steroid dienone is 2. The molecule has 0 amide bonds. The molecule has 0 spiro atoms. The topological polar surface area (TPSA) is 32.7 Å². The van der Waals surface area contributed by atoms with Crippen molar-refractivity contribution in [3.63, 3.8) is 0 Å². The third kappa shape index (κ3) is 2.15. The van der Waals surface area contributed by atoms with E-state index >= 15 is 0 Å². The summed E-state index contributed by atoms with van der Waals surface area (Å²) in [6.45, 7) is 4.41. The van der Waals surface area contributed by atoms with Crippen LogP contribution < -0.4 is 0 Å². The molecule has 0 aromatic rings. The lowest BCUT2D eigenvalue weighted by molar-refractivity contribution is 0.102. The zero-order valence-corrected chi connectivity index (χ0v) is 11.6. The molecule has 0 saturated carbocycles. The van der Waals surface area contributed by atoms with Gasteiger partial charge in [-0.1, -0.05) is 31.2 Å². The van der Waals surface area contributed by atoms with Crippen LogP contribution in [-0.4, -0.2) is 41.8 Å². The van der Waals surface area contributed by atoms with Gasteiger partial charge >= 0.3 is 0 Å². The van der Waals surface area contributed by atoms with Crippen LogP contribution >= 0.6 is 0 Å². The summed E-state index contributed by atoms with van der Waals surface area (Å²) in [5.41, 5.74) is 1.35. The van der Waals surface area contributed by atoms with Gasteiger partial charge in [-0.2, -0.15) is 0 Å². The summed E-state index contributed by atoms with van der Waals surface area (Å²) in [4.78, 5) is 2.58. The van der Waals surface area contributed by atoms with Crippen LogP contribution in [-0.2, 0) is 4.74 Å². The Morgan fingerprint density at radius 2 is 2.32 bits per heavy atom. The highest BCUT2D eigenvalue weighted by Gasteiger charge is 2.43. The van der Waals surface area contributed by atoms with Gasteiger partial charge in [-0.3, -0.25) is 4.90 Å². The van der Waals surface area contributed by atoms with Crippen molar-refractivity contribution < 1.29 is 9.84 Å². The second kappa shape index (κ2) is 5.51. The van der Waals surface area contributed by atoms with Crippen LogP contribution in [0, 0.1) is 5.92 Å². The van der Waals surface area contributed by atoms with E-state index in [2.05, 4.69) is 36.1 Å². The van der Waals surface area contributed by atoms with Crippen LogP contribution in [0.3, 0.4) is 0 Å². The van der Waals surface area contributed by atoms with Gasteiger partial charge < -0.3 is 9.84 Å². The van der Waals surface area contributed by atoms with E-state index in [1.54, 1.807) is 0 Å². The molecule has 1 aliphatic carbocycles. The third-order valence-corrected chi connectivity index (χ3v) is 4.58. The maximum Gasteiger partial charge on any atom is 0.106 e. The van der Waals surface area contributed by atoms with Crippen LogP contribution in [0.4, 0.5) is 0 Å². The molecule has 3 aliphatic rings. The number of hydrogen-bond donors (Lipinski definition) is 1. The molecular weight excluding hydrogens is 238 g/mol. The van der Waals surface area contributed by atoms with Crippen molar-refractivity contribution in [2.24, 2.45) is 5.92 Å². The highest BCUT2D eigenvalue weighted by molar-refractivity contribution is 5.42. The highest BCUT2D eigenvalue weighted by Crippen LogP contribution is 2.42. The maximum atomic E-state index is 9.14. The van der Waals surface area contributed by atoms with Gasteiger partial charge in [-0.25, -0.2) is 0 Å². The molecule has 3 atom stereocenters. The first-order chi connectivity index (χ1) is 9.36. The first kappa shape index (κ1) is 12.9. The van der Waals surface area contributed by atoms with Crippen LogP contribution in [0.2, 0.25) is 0 Å². The molecule has 3 unspecified atom stereocenters. The van der Waals surface area contributed by atoms with Crippen LogP contribution in [0.1, 0.15) is 26.2 Å². The number of aliphatic hydroxyl groups is 1. The average Bonchev–Trinajstić information content (AvgIpc) is 2.93. The summed E-state index contributed by atoms with van der Waals surface area (Å²) in [5.74, 6) is 1.74. The fourth-order valence-corrected chi connectivity index (χ4v) is 3.78. The molecule has 1 N–H and O–H groups in total. The minimum atomic E-state index is 0.286. The second-order valence-electron chi connectivity index (χ2n) is 5.52. The Kier molecular flexibility index (Phi) is 3.76. The Bertz CT molecular complexity index is 424. The van der Waals surface area contributed by atoms with Crippen molar-refractivity contribution in [3.05, 3.63) is 35.6 Å². The molecule has 3 nitrogen and oxygen atoms in total. The lowest BCUT2D eigenvalue weighted by Crippen LogP contribution is -2.50. The monoisotopic (exact) mass is 261 g/mol. The average molecular weight is 261 g/mol. The number of aliphatic hydroxyl groups excluding tert-OH is 1. The molecule has 0 radical (unpaired) electrons. The first-order valence-electron chi connectivity index (χ1n) is 7.45. The number of nitrogens with zero attached hydrogens (tertiary/aromatic N) is 1. The standard InChI is InChI=1S/C16H23NO2/c1-2-17-14-7-4-3-6-12(14)16-13(9-11-19-16)15(17)8-5-10-18/h3-4,6-7,13-15,18H,2,5,8-11H2,1H3. The summed E-state index contributed by atoms with van der Waals surface area (Å²) >= 11 is 0. The van der Waals surface area contributed by atoms with E-state index in [1.165, 1.54) is 11.3 Å². The molecule has 3 rings (SSSR count). The van der Waals surface area contributed by atoms with Crippen molar-refractivity contribution in [3.8, 4) is 0 Å². The van der Waals surface area contributed by atoms with Crippen LogP contribution in [0.25, 0.3) is 0 Å². The zero-order valence-electron chi connectivity index (χ0n) is 11.6. The quantitative estimate of drug-likeness (QED) is 0.842. The van der Waals surface area contributed by atoms with Crippen molar-refractivity contribution in [2.45, 2.75) is 38.3 Å². The Hall–Kier alpha value is -1.06. The summed E-state index contributed by atoms with van der Waals surface area (Å²) in [6, 6.07) is 0.877. The van der Waals surface area contributed by atoms with Gasteiger partial charge in [0, 0.05) is 24.1 Å². The number of ether oxygens (including phenoxy) is 1. The highest BCUT2D eigenvalue weighted by atomic mass is 16.5. The van der Waals surface area contributed by atoms with Crippen molar-refractivity contribution in [1.29, 1.82) is 0 Å².